The van der Waals surface area contributed by atoms with Gasteiger partial charge < -0.3 is 35.1 Å². The number of benzene rings is 2. The summed E-state index contributed by atoms with van der Waals surface area (Å²) >= 11 is 0. The van der Waals surface area contributed by atoms with Crippen molar-refractivity contribution >= 4 is 40.9 Å². The van der Waals surface area contributed by atoms with E-state index in [-0.39, 0.29) is 18.6 Å². The summed E-state index contributed by atoms with van der Waals surface area (Å²) in [7, 11) is 0. The van der Waals surface area contributed by atoms with Crippen molar-refractivity contribution in [3.63, 3.8) is 0 Å². The average Bonchev–Trinajstić information content (AvgIpc) is 3.37. The molecule has 1 aromatic heterocycles. The molecule has 0 saturated carbocycles. The third-order valence-electron chi connectivity index (χ3n) is 7.76. The van der Waals surface area contributed by atoms with Crippen LogP contribution in [0.15, 0.2) is 67.1 Å². The minimum atomic E-state index is -0.601. The Labute approximate surface area is 293 Å². The lowest BCUT2D eigenvalue weighted by atomic mass is 10.0. The van der Waals surface area contributed by atoms with Gasteiger partial charge in [0.25, 0.3) is 5.91 Å². The number of carbonyl (C=O) groups is 3. The van der Waals surface area contributed by atoms with Crippen molar-refractivity contribution in [3.8, 4) is 5.75 Å². The summed E-state index contributed by atoms with van der Waals surface area (Å²) in [5.74, 6) is 0.847. The van der Waals surface area contributed by atoms with Gasteiger partial charge >= 0.3 is 12.1 Å². The van der Waals surface area contributed by atoms with Crippen LogP contribution >= 0.6 is 0 Å². The van der Waals surface area contributed by atoms with E-state index in [2.05, 4.69) is 47.9 Å². The molecule has 3 N–H and O–H groups in total. The molecule has 2 amide bonds. The first-order valence-corrected chi connectivity index (χ1v) is 16.8. The summed E-state index contributed by atoms with van der Waals surface area (Å²) in [6, 6.07) is 17.0. The third kappa shape index (κ3) is 10.4. The highest BCUT2D eigenvalue weighted by Gasteiger charge is 2.33. The Balaban J connectivity index is 1.23. The lowest BCUT2D eigenvalue weighted by Gasteiger charge is -2.37. The molecule has 266 valence electrons. The Bertz CT molecular complexity index is 1690. The number of alkyl carbamates (subject to hydrolysis) is 1. The fourth-order valence-corrected chi connectivity index (χ4v) is 5.72. The number of aromatic nitrogens is 2. The van der Waals surface area contributed by atoms with E-state index in [1.807, 2.05) is 45.0 Å². The highest BCUT2D eigenvalue weighted by atomic mass is 16.6. The number of amides is 2. The summed E-state index contributed by atoms with van der Waals surface area (Å²) in [4.78, 5) is 51.3. The number of nitrogens with zero attached hydrogens (tertiary/aromatic N) is 4. The zero-order valence-corrected chi connectivity index (χ0v) is 29.6. The lowest BCUT2D eigenvalue weighted by Crippen LogP contribution is -2.52. The van der Waals surface area contributed by atoms with Crippen molar-refractivity contribution in [2.24, 2.45) is 0 Å². The van der Waals surface area contributed by atoms with Crippen molar-refractivity contribution in [2.45, 2.75) is 65.2 Å². The molecule has 0 spiro atoms. The van der Waals surface area contributed by atoms with E-state index in [4.69, 9.17) is 14.2 Å². The minimum Gasteiger partial charge on any atom is -0.482 e. The van der Waals surface area contributed by atoms with Gasteiger partial charge in [-0.3, -0.25) is 9.69 Å². The summed E-state index contributed by atoms with van der Waals surface area (Å²) in [5, 5.41) is 9.12. The molecule has 0 radical (unpaired) electrons. The Morgan fingerprint density at radius 3 is 2.36 bits per heavy atom. The van der Waals surface area contributed by atoms with Crippen LogP contribution < -0.4 is 25.6 Å². The number of ether oxygens (including phenoxy) is 3. The second kappa shape index (κ2) is 15.6. The molecule has 5 rings (SSSR count). The fraction of sp³-hybridized carbons (Fsp3) is 0.432. The van der Waals surface area contributed by atoms with Crippen LogP contribution in [0.5, 0.6) is 5.75 Å². The van der Waals surface area contributed by atoms with Gasteiger partial charge in [0.05, 0.1) is 11.1 Å². The molecule has 50 heavy (non-hydrogen) atoms. The lowest BCUT2D eigenvalue weighted by molar-refractivity contribution is -0.157. The quantitative estimate of drug-likeness (QED) is 0.188. The smallest absolute Gasteiger partial charge is 0.407 e. The summed E-state index contributed by atoms with van der Waals surface area (Å²) in [5.41, 5.74) is 1.64. The Hall–Kier alpha value is -5.17. The van der Waals surface area contributed by atoms with Crippen molar-refractivity contribution < 1.29 is 28.6 Å². The van der Waals surface area contributed by atoms with Crippen LogP contribution in [-0.2, 0) is 25.5 Å². The topological polar surface area (TPSA) is 147 Å². The Morgan fingerprint density at radius 1 is 0.940 bits per heavy atom. The SMILES string of the molecule is CC(C)(C)OC(=O)COc1cccc(N/C=C2\C(=O)Nc3ncnc(N4CCN(C[C@@H](Cc5ccccc5)NC(=O)OC(C)(C)C)CC4)c32)c1. The van der Waals surface area contributed by atoms with Crippen molar-refractivity contribution in [1.82, 2.24) is 20.2 Å². The maximum absolute atomic E-state index is 13.1. The zero-order valence-electron chi connectivity index (χ0n) is 29.6. The predicted molar refractivity (Wildman–Crippen MR) is 192 cm³/mol. The van der Waals surface area contributed by atoms with Gasteiger partial charge in [0.2, 0.25) is 0 Å². The Kier molecular flexibility index (Phi) is 11.3. The van der Waals surface area contributed by atoms with Gasteiger partial charge in [-0.05, 0) is 65.7 Å². The molecule has 0 aliphatic carbocycles. The van der Waals surface area contributed by atoms with Crippen LogP contribution in [0.2, 0.25) is 0 Å². The first-order valence-electron chi connectivity index (χ1n) is 16.8. The molecular formula is C37H47N7O6. The highest BCUT2D eigenvalue weighted by molar-refractivity contribution is 6.32. The number of fused-ring (bicyclic) bond motifs is 1. The molecule has 2 aliphatic heterocycles. The molecule has 13 nitrogen and oxygen atoms in total. The summed E-state index contributed by atoms with van der Waals surface area (Å²) in [6.07, 6.45) is 3.34. The standard InChI is InChI=1S/C37H47N7O6/c1-36(2,3)49-30(45)23-48-28-14-10-13-26(20-28)38-21-29-31-32(42-34(29)46)39-24-40-33(31)44-17-15-43(16-18-44)22-27(19-25-11-8-7-9-12-25)41-35(47)50-37(4,5)6/h7-14,20-21,24,27,38H,15-19,22-23H2,1-6H3,(H,41,47)(H,39,40,42,46)/b29-21-/t27-/m1/s1. The number of anilines is 3. The van der Waals surface area contributed by atoms with E-state index in [1.165, 1.54) is 6.33 Å². The number of nitrogens with one attached hydrogen (secondary N) is 3. The maximum atomic E-state index is 13.1. The molecule has 3 heterocycles. The summed E-state index contributed by atoms with van der Waals surface area (Å²) < 4.78 is 16.5. The summed E-state index contributed by atoms with van der Waals surface area (Å²) in [6.45, 7) is 14.2. The van der Waals surface area contributed by atoms with Gasteiger partial charge in [-0.2, -0.15) is 0 Å². The van der Waals surface area contributed by atoms with E-state index < -0.39 is 23.3 Å². The number of hydrogen-bond donors (Lipinski definition) is 3. The average molecular weight is 686 g/mol. The molecule has 2 aliphatic rings. The van der Waals surface area contributed by atoms with Crippen LogP contribution in [0.1, 0.15) is 52.7 Å². The highest BCUT2D eigenvalue weighted by Crippen LogP contribution is 2.37. The zero-order chi connectivity index (χ0) is 35.9. The fourth-order valence-electron chi connectivity index (χ4n) is 5.72. The molecule has 2 aromatic carbocycles. The van der Waals surface area contributed by atoms with E-state index in [1.54, 1.807) is 45.2 Å². The van der Waals surface area contributed by atoms with Gasteiger partial charge in [-0.1, -0.05) is 36.4 Å². The van der Waals surface area contributed by atoms with Gasteiger partial charge in [-0.25, -0.2) is 19.6 Å². The van der Waals surface area contributed by atoms with Crippen molar-refractivity contribution in [3.05, 3.63) is 78.3 Å². The molecular weight excluding hydrogens is 638 g/mol. The number of esters is 1. The molecule has 1 saturated heterocycles. The largest absolute Gasteiger partial charge is 0.482 e. The number of piperazine rings is 1. The van der Waals surface area contributed by atoms with Gasteiger partial charge in [-0.15, -0.1) is 0 Å². The third-order valence-corrected chi connectivity index (χ3v) is 7.76. The normalized spacial score (nSPS) is 16.3. The van der Waals surface area contributed by atoms with Crippen molar-refractivity contribution in [2.75, 3.05) is 54.9 Å². The monoisotopic (exact) mass is 685 g/mol. The molecule has 1 fully saturated rings. The van der Waals surface area contributed by atoms with Gasteiger partial charge in [0.1, 0.15) is 34.9 Å². The second-order valence-corrected chi connectivity index (χ2v) is 14.3. The van der Waals surface area contributed by atoms with E-state index in [9.17, 15) is 14.4 Å². The maximum Gasteiger partial charge on any atom is 0.407 e. The molecule has 0 unspecified atom stereocenters. The number of rotatable bonds is 11. The van der Waals surface area contributed by atoms with Gasteiger partial charge in [0, 0.05) is 56.7 Å². The molecule has 3 aromatic rings. The second-order valence-electron chi connectivity index (χ2n) is 14.3. The first-order chi connectivity index (χ1) is 23.7. The van der Waals surface area contributed by atoms with Crippen LogP contribution in [0.4, 0.5) is 22.1 Å². The van der Waals surface area contributed by atoms with E-state index in [0.717, 1.165) is 18.7 Å². The number of carbonyl (C=O) groups excluding carboxylic acids is 3. The van der Waals surface area contributed by atoms with Gasteiger partial charge in [0.15, 0.2) is 6.61 Å². The first kappa shape index (κ1) is 36.1. The number of hydrogen-bond acceptors (Lipinski definition) is 11. The van der Waals surface area contributed by atoms with Crippen LogP contribution in [0.3, 0.4) is 0 Å². The molecule has 13 heteroatoms. The van der Waals surface area contributed by atoms with Crippen LogP contribution in [0.25, 0.3) is 5.57 Å². The van der Waals surface area contributed by atoms with Crippen molar-refractivity contribution in [1.29, 1.82) is 0 Å². The minimum absolute atomic E-state index is 0.147. The van der Waals surface area contributed by atoms with E-state index >= 15 is 0 Å². The molecule has 1 atom stereocenters. The predicted octanol–water partition coefficient (Wildman–Crippen LogP) is 4.86. The Morgan fingerprint density at radius 2 is 1.66 bits per heavy atom. The van der Waals surface area contributed by atoms with E-state index in [0.29, 0.717) is 60.3 Å². The van der Waals surface area contributed by atoms with Crippen LogP contribution in [0, 0.1) is 0 Å². The van der Waals surface area contributed by atoms with Crippen LogP contribution in [-0.4, -0.2) is 89.4 Å². The molecule has 0 bridgehead atoms.